The summed E-state index contributed by atoms with van der Waals surface area (Å²) >= 11 is 0. The Kier molecular flexibility index (Phi) is 6.41. The maximum Gasteiger partial charge on any atom is 0.267 e. The summed E-state index contributed by atoms with van der Waals surface area (Å²) in [5.41, 5.74) is 0.267. The number of hydrogen-bond acceptors (Lipinski definition) is 4. The van der Waals surface area contributed by atoms with Crippen LogP contribution in [0.2, 0.25) is 0 Å². The molecule has 0 radical (unpaired) electrons. The smallest absolute Gasteiger partial charge is 0.267 e. The van der Waals surface area contributed by atoms with Gasteiger partial charge in [-0.05, 0) is 24.3 Å². The molecule has 0 saturated heterocycles. The number of rotatable bonds is 6. The van der Waals surface area contributed by atoms with Crippen LogP contribution in [-0.2, 0) is 9.59 Å². The predicted molar refractivity (Wildman–Crippen MR) is 75.4 cm³/mol. The third-order valence-electron chi connectivity index (χ3n) is 2.36. The normalized spacial score (nSPS) is 10.4. The van der Waals surface area contributed by atoms with Crippen LogP contribution in [0.25, 0.3) is 0 Å². The molecule has 0 spiro atoms. The van der Waals surface area contributed by atoms with Crippen LogP contribution in [0.3, 0.4) is 0 Å². The van der Waals surface area contributed by atoms with Gasteiger partial charge in [-0.2, -0.15) is 5.26 Å². The van der Waals surface area contributed by atoms with Crippen molar-refractivity contribution in [3.8, 4) is 6.07 Å². The van der Waals surface area contributed by atoms with Crippen molar-refractivity contribution in [3.05, 3.63) is 41.9 Å². The van der Waals surface area contributed by atoms with Crippen molar-refractivity contribution < 1.29 is 14.0 Å². The fourth-order valence-corrected chi connectivity index (χ4v) is 1.37. The van der Waals surface area contributed by atoms with E-state index in [0.29, 0.717) is 18.8 Å². The Morgan fingerprint density at radius 2 is 1.95 bits per heavy atom. The third-order valence-corrected chi connectivity index (χ3v) is 2.36. The van der Waals surface area contributed by atoms with E-state index in [9.17, 15) is 14.0 Å². The maximum atomic E-state index is 12.7. The van der Waals surface area contributed by atoms with E-state index in [1.54, 1.807) is 6.07 Å². The molecule has 0 saturated carbocycles. The molecule has 0 fully saturated rings. The van der Waals surface area contributed by atoms with E-state index >= 15 is 0 Å². The lowest BCUT2D eigenvalue weighted by Crippen LogP contribution is -2.28. The zero-order valence-electron chi connectivity index (χ0n) is 11.4. The number of hydrogen-bond donors (Lipinski definition) is 3. The van der Waals surface area contributed by atoms with Gasteiger partial charge in [-0.25, -0.2) is 4.39 Å². The van der Waals surface area contributed by atoms with E-state index in [0.717, 1.165) is 0 Å². The van der Waals surface area contributed by atoms with Gasteiger partial charge in [0.15, 0.2) is 0 Å². The number of carbonyl (C=O) groups is 2. The Balaban J connectivity index is 2.51. The zero-order chi connectivity index (χ0) is 15.7. The minimum absolute atomic E-state index is 0.123. The monoisotopic (exact) mass is 290 g/mol. The lowest BCUT2D eigenvalue weighted by molar-refractivity contribution is -0.119. The van der Waals surface area contributed by atoms with E-state index in [1.165, 1.54) is 37.4 Å². The number of nitrogens with one attached hydrogen (secondary N) is 3. The van der Waals surface area contributed by atoms with Gasteiger partial charge in [0.05, 0.1) is 0 Å². The Hall–Kier alpha value is -2.88. The molecule has 0 aliphatic rings. The van der Waals surface area contributed by atoms with Crippen LogP contribution in [0.1, 0.15) is 6.92 Å². The molecule has 0 aromatic heterocycles. The van der Waals surface area contributed by atoms with Gasteiger partial charge in [-0.1, -0.05) is 0 Å². The molecule has 7 heteroatoms. The molecule has 0 heterocycles. The Bertz CT molecular complexity index is 576. The Morgan fingerprint density at radius 3 is 2.52 bits per heavy atom. The number of anilines is 1. The highest BCUT2D eigenvalue weighted by Crippen LogP contribution is 2.09. The molecule has 0 aliphatic heterocycles. The van der Waals surface area contributed by atoms with Crippen molar-refractivity contribution in [2.24, 2.45) is 0 Å². The van der Waals surface area contributed by atoms with E-state index in [1.807, 2.05) is 0 Å². The first-order valence-corrected chi connectivity index (χ1v) is 6.18. The van der Waals surface area contributed by atoms with Gasteiger partial charge >= 0.3 is 0 Å². The van der Waals surface area contributed by atoms with Gasteiger partial charge in [-0.3, -0.25) is 9.59 Å². The second-order valence-electron chi connectivity index (χ2n) is 4.07. The highest BCUT2D eigenvalue weighted by Gasteiger charge is 2.08. The minimum atomic E-state index is -0.601. The van der Waals surface area contributed by atoms with Crippen LogP contribution in [0, 0.1) is 17.1 Å². The number of benzene rings is 1. The molecule has 2 amide bonds. The number of nitriles is 1. The van der Waals surface area contributed by atoms with Crippen molar-refractivity contribution in [3.63, 3.8) is 0 Å². The third kappa shape index (κ3) is 6.20. The van der Waals surface area contributed by atoms with E-state index in [-0.39, 0.29) is 11.5 Å². The molecule has 0 unspecified atom stereocenters. The molecule has 1 aromatic carbocycles. The van der Waals surface area contributed by atoms with Gasteiger partial charge in [0, 0.05) is 31.9 Å². The first-order chi connectivity index (χ1) is 10.0. The van der Waals surface area contributed by atoms with Gasteiger partial charge < -0.3 is 16.0 Å². The summed E-state index contributed by atoms with van der Waals surface area (Å²) in [4.78, 5) is 22.4. The highest BCUT2D eigenvalue weighted by atomic mass is 19.1. The maximum absolute atomic E-state index is 12.7. The van der Waals surface area contributed by atoms with Gasteiger partial charge in [0.25, 0.3) is 5.91 Å². The van der Waals surface area contributed by atoms with Crippen molar-refractivity contribution in [1.29, 1.82) is 5.26 Å². The number of halogens is 1. The van der Waals surface area contributed by atoms with Crippen LogP contribution < -0.4 is 16.0 Å². The Morgan fingerprint density at radius 1 is 1.29 bits per heavy atom. The molecule has 0 atom stereocenters. The average molecular weight is 290 g/mol. The fourth-order valence-electron chi connectivity index (χ4n) is 1.37. The molecule has 1 aromatic rings. The molecule has 1 rings (SSSR count). The topological polar surface area (TPSA) is 94.0 Å². The standard InChI is InChI=1S/C14H15FN4O2/c1-10(20)18-7-6-17-9-11(8-16)14(21)19-13-4-2-12(15)3-5-13/h2-5,9,17H,6-7H2,1H3,(H,18,20)(H,19,21)/b11-9-. The quantitative estimate of drug-likeness (QED) is 0.412. The number of carbonyl (C=O) groups excluding carboxylic acids is 2. The van der Waals surface area contributed by atoms with Crippen molar-refractivity contribution in [2.45, 2.75) is 6.92 Å². The van der Waals surface area contributed by atoms with Crippen LogP contribution in [0.5, 0.6) is 0 Å². The summed E-state index contributed by atoms with van der Waals surface area (Å²) in [6.45, 7) is 2.16. The van der Waals surface area contributed by atoms with Crippen LogP contribution in [0.4, 0.5) is 10.1 Å². The number of amides is 2. The average Bonchev–Trinajstić information content (AvgIpc) is 2.45. The van der Waals surface area contributed by atoms with Gasteiger partial charge in [0.1, 0.15) is 17.5 Å². The lowest BCUT2D eigenvalue weighted by atomic mass is 10.2. The van der Waals surface area contributed by atoms with E-state index in [2.05, 4.69) is 16.0 Å². The minimum Gasteiger partial charge on any atom is -0.388 e. The van der Waals surface area contributed by atoms with Crippen molar-refractivity contribution in [2.75, 3.05) is 18.4 Å². The first kappa shape index (κ1) is 16.2. The van der Waals surface area contributed by atoms with Crippen molar-refractivity contribution in [1.82, 2.24) is 10.6 Å². The predicted octanol–water partition coefficient (Wildman–Crippen LogP) is 0.897. The summed E-state index contributed by atoms with van der Waals surface area (Å²) in [5, 5.41) is 16.7. The zero-order valence-corrected chi connectivity index (χ0v) is 11.4. The molecular formula is C14H15FN4O2. The van der Waals surface area contributed by atoms with E-state index in [4.69, 9.17) is 5.26 Å². The summed E-state index contributed by atoms with van der Waals surface area (Å²) in [6, 6.07) is 6.96. The fraction of sp³-hybridized carbons (Fsp3) is 0.214. The number of nitrogens with zero attached hydrogens (tertiary/aromatic N) is 1. The second-order valence-corrected chi connectivity index (χ2v) is 4.07. The highest BCUT2D eigenvalue weighted by molar-refractivity contribution is 6.06. The van der Waals surface area contributed by atoms with Gasteiger partial charge in [-0.15, -0.1) is 0 Å². The van der Waals surface area contributed by atoms with E-state index < -0.39 is 11.7 Å². The molecule has 110 valence electrons. The summed E-state index contributed by atoms with van der Waals surface area (Å²) in [7, 11) is 0. The molecule has 21 heavy (non-hydrogen) atoms. The largest absolute Gasteiger partial charge is 0.388 e. The molecule has 0 bridgehead atoms. The first-order valence-electron chi connectivity index (χ1n) is 6.18. The van der Waals surface area contributed by atoms with Crippen LogP contribution >= 0.6 is 0 Å². The second kappa shape index (κ2) is 8.32. The molecule has 0 aliphatic carbocycles. The van der Waals surface area contributed by atoms with Crippen LogP contribution in [-0.4, -0.2) is 24.9 Å². The molecular weight excluding hydrogens is 275 g/mol. The van der Waals surface area contributed by atoms with Gasteiger partial charge in [0.2, 0.25) is 5.91 Å². The summed E-state index contributed by atoms with van der Waals surface area (Å²) < 4.78 is 12.7. The van der Waals surface area contributed by atoms with Crippen molar-refractivity contribution >= 4 is 17.5 Å². The summed E-state index contributed by atoms with van der Waals surface area (Å²) in [5.74, 6) is -1.17. The Labute approximate surface area is 121 Å². The molecule has 6 nitrogen and oxygen atoms in total. The lowest BCUT2D eigenvalue weighted by Gasteiger charge is -2.05. The van der Waals surface area contributed by atoms with Crippen LogP contribution in [0.15, 0.2) is 36.0 Å². The summed E-state index contributed by atoms with van der Waals surface area (Å²) in [6.07, 6.45) is 1.26. The molecule has 3 N–H and O–H groups in total. The SMILES string of the molecule is CC(=O)NCCN/C=C(/C#N)C(=O)Nc1ccc(F)cc1.